The number of benzene rings is 2. The molecule has 0 bridgehead atoms. The Bertz CT molecular complexity index is 1030. The lowest BCUT2D eigenvalue weighted by Crippen LogP contribution is -2.29. The first-order chi connectivity index (χ1) is 14.1. The number of fused-ring (bicyclic) bond motifs is 2. The molecule has 0 aliphatic carbocycles. The van der Waals surface area contributed by atoms with Gasteiger partial charge in [-0.2, -0.15) is 0 Å². The third kappa shape index (κ3) is 3.44. The fourth-order valence-corrected chi connectivity index (χ4v) is 4.74. The molecule has 1 N–H and O–H groups in total. The molecule has 29 heavy (non-hydrogen) atoms. The fraction of sp³-hybridized carbons (Fsp3) is 0.417. The van der Waals surface area contributed by atoms with E-state index < -0.39 is 0 Å². The number of piperidine rings is 1. The molecule has 5 nitrogen and oxygen atoms in total. The Morgan fingerprint density at radius 1 is 0.931 bits per heavy atom. The third-order valence-corrected chi connectivity index (χ3v) is 6.52. The molecule has 0 spiro atoms. The van der Waals surface area contributed by atoms with E-state index in [4.69, 9.17) is 4.74 Å². The second-order valence-corrected chi connectivity index (χ2v) is 8.58. The Kier molecular flexibility index (Phi) is 4.63. The molecule has 0 atom stereocenters. The van der Waals surface area contributed by atoms with Crippen LogP contribution in [0.2, 0.25) is 0 Å². The van der Waals surface area contributed by atoms with Crippen LogP contribution in [0.5, 0.6) is 5.75 Å². The van der Waals surface area contributed by atoms with Crippen molar-refractivity contribution < 1.29 is 4.74 Å². The SMILES string of the molecule is CN1CCC(c2cn(C)c3cc(Nc4ccc5c(c4)OCCN5C)ccc23)CC1. The number of hydrogen-bond acceptors (Lipinski definition) is 4. The van der Waals surface area contributed by atoms with Crippen molar-refractivity contribution >= 4 is 28.0 Å². The lowest BCUT2D eigenvalue weighted by Gasteiger charge is -2.28. The summed E-state index contributed by atoms with van der Waals surface area (Å²) in [5.41, 5.74) is 6.12. The van der Waals surface area contributed by atoms with Crippen molar-refractivity contribution in [2.24, 2.45) is 7.05 Å². The first-order valence-electron chi connectivity index (χ1n) is 10.6. The summed E-state index contributed by atoms with van der Waals surface area (Å²) in [5, 5.41) is 4.96. The van der Waals surface area contributed by atoms with Gasteiger partial charge in [0, 0.05) is 43.1 Å². The zero-order chi connectivity index (χ0) is 20.0. The lowest BCUT2D eigenvalue weighted by atomic mass is 9.89. The number of hydrogen-bond donors (Lipinski definition) is 1. The standard InChI is InChI=1S/C24H30N4O/c1-26-10-8-17(9-11-26)21-16-28(3)23-14-18(4-6-20(21)23)25-19-5-7-22-24(15-19)29-13-12-27(22)2/h4-7,14-17,25H,8-13H2,1-3H3. The van der Waals surface area contributed by atoms with Crippen LogP contribution in [0.15, 0.2) is 42.6 Å². The van der Waals surface area contributed by atoms with E-state index in [9.17, 15) is 0 Å². The molecule has 1 fully saturated rings. The molecule has 3 aromatic rings. The van der Waals surface area contributed by atoms with Gasteiger partial charge in [0.15, 0.2) is 0 Å². The van der Waals surface area contributed by atoms with Crippen molar-refractivity contribution in [3.63, 3.8) is 0 Å². The molecule has 3 heterocycles. The van der Waals surface area contributed by atoms with Crippen LogP contribution in [-0.4, -0.2) is 49.8 Å². The van der Waals surface area contributed by atoms with Crippen LogP contribution in [0, 0.1) is 0 Å². The molecule has 2 aliphatic rings. The summed E-state index contributed by atoms with van der Waals surface area (Å²) in [4.78, 5) is 4.67. The third-order valence-electron chi connectivity index (χ3n) is 6.52. The van der Waals surface area contributed by atoms with Crippen LogP contribution >= 0.6 is 0 Å². The van der Waals surface area contributed by atoms with Gasteiger partial charge in [0.25, 0.3) is 0 Å². The van der Waals surface area contributed by atoms with E-state index in [1.807, 2.05) is 0 Å². The van der Waals surface area contributed by atoms with Gasteiger partial charge in [0.1, 0.15) is 12.4 Å². The van der Waals surface area contributed by atoms with E-state index in [0.717, 1.165) is 36.0 Å². The van der Waals surface area contributed by atoms with Crippen LogP contribution in [0.4, 0.5) is 17.1 Å². The van der Waals surface area contributed by atoms with Crippen LogP contribution < -0.4 is 15.0 Å². The summed E-state index contributed by atoms with van der Waals surface area (Å²) < 4.78 is 8.13. The summed E-state index contributed by atoms with van der Waals surface area (Å²) in [7, 11) is 6.49. The summed E-state index contributed by atoms with van der Waals surface area (Å²) in [5.74, 6) is 1.62. The molecule has 1 saturated heterocycles. The minimum atomic E-state index is 0.670. The van der Waals surface area contributed by atoms with Crippen molar-refractivity contribution in [1.29, 1.82) is 0 Å². The summed E-state index contributed by atoms with van der Waals surface area (Å²) in [6.45, 7) is 4.05. The van der Waals surface area contributed by atoms with Gasteiger partial charge in [-0.3, -0.25) is 0 Å². The molecular weight excluding hydrogens is 360 g/mol. The first kappa shape index (κ1) is 18.4. The monoisotopic (exact) mass is 390 g/mol. The van der Waals surface area contributed by atoms with Gasteiger partial charge in [-0.1, -0.05) is 6.07 Å². The topological polar surface area (TPSA) is 32.7 Å². The Morgan fingerprint density at radius 3 is 2.52 bits per heavy atom. The average Bonchev–Trinajstić information content (AvgIpc) is 3.05. The van der Waals surface area contributed by atoms with Crippen molar-refractivity contribution in [3.8, 4) is 5.75 Å². The predicted molar refractivity (Wildman–Crippen MR) is 121 cm³/mol. The maximum atomic E-state index is 5.85. The minimum absolute atomic E-state index is 0.670. The van der Waals surface area contributed by atoms with E-state index in [-0.39, 0.29) is 0 Å². The number of rotatable bonds is 3. The zero-order valence-corrected chi connectivity index (χ0v) is 17.6. The van der Waals surface area contributed by atoms with Gasteiger partial charge in [-0.15, -0.1) is 0 Å². The van der Waals surface area contributed by atoms with E-state index in [0.29, 0.717) is 5.92 Å². The highest BCUT2D eigenvalue weighted by Gasteiger charge is 2.22. The molecule has 0 unspecified atom stereocenters. The summed E-state index contributed by atoms with van der Waals surface area (Å²) in [6.07, 6.45) is 4.84. The maximum absolute atomic E-state index is 5.85. The van der Waals surface area contributed by atoms with Gasteiger partial charge in [-0.25, -0.2) is 0 Å². The molecule has 152 valence electrons. The highest BCUT2D eigenvalue weighted by molar-refractivity contribution is 5.88. The summed E-state index contributed by atoms with van der Waals surface area (Å²) >= 11 is 0. The molecule has 0 saturated carbocycles. The number of likely N-dealkylation sites (tertiary alicyclic amines) is 1. The van der Waals surface area contributed by atoms with Crippen LogP contribution in [0.25, 0.3) is 10.9 Å². The average molecular weight is 391 g/mol. The first-order valence-corrected chi connectivity index (χ1v) is 10.6. The minimum Gasteiger partial charge on any atom is -0.489 e. The lowest BCUT2D eigenvalue weighted by molar-refractivity contribution is 0.256. The molecule has 0 radical (unpaired) electrons. The van der Waals surface area contributed by atoms with E-state index in [1.165, 1.54) is 42.4 Å². The van der Waals surface area contributed by atoms with Crippen molar-refractivity contribution in [2.75, 3.05) is 50.6 Å². The molecule has 0 amide bonds. The molecular formula is C24H30N4O. The van der Waals surface area contributed by atoms with Crippen molar-refractivity contribution in [1.82, 2.24) is 9.47 Å². The smallest absolute Gasteiger partial charge is 0.144 e. The predicted octanol–water partition coefficient (Wildman–Crippen LogP) is 4.56. The Morgan fingerprint density at radius 2 is 1.69 bits per heavy atom. The number of anilines is 3. The van der Waals surface area contributed by atoms with E-state index >= 15 is 0 Å². The molecule has 2 aromatic carbocycles. The van der Waals surface area contributed by atoms with Crippen molar-refractivity contribution in [2.45, 2.75) is 18.8 Å². The van der Waals surface area contributed by atoms with Gasteiger partial charge < -0.3 is 24.4 Å². The van der Waals surface area contributed by atoms with Gasteiger partial charge in [0.2, 0.25) is 0 Å². The van der Waals surface area contributed by atoms with Gasteiger partial charge in [0.05, 0.1) is 17.7 Å². The van der Waals surface area contributed by atoms with Gasteiger partial charge >= 0.3 is 0 Å². The number of ether oxygens (including phenoxy) is 1. The molecule has 1 aromatic heterocycles. The van der Waals surface area contributed by atoms with Gasteiger partial charge in [-0.05, 0) is 68.7 Å². The highest BCUT2D eigenvalue weighted by Crippen LogP contribution is 2.37. The van der Waals surface area contributed by atoms with Crippen LogP contribution in [0.3, 0.4) is 0 Å². The summed E-state index contributed by atoms with van der Waals surface area (Å²) in [6, 6.07) is 13.1. The quantitative estimate of drug-likeness (QED) is 0.711. The second kappa shape index (κ2) is 7.30. The number of aryl methyl sites for hydroxylation is 1. The number of nitrogens with one attached hydrogen (secondary N) is 1. The van der Waals surface area contributed by atoms with Crippen molar-refractivity contribution in [3.05, 3.63) is 48.2 Å². The maximum Gasteiger partial charge on any atom is 0.144 e. The molecule has 2 aliphatic heterocycles. The zero-order valence-electron chi connectivity index (χ0n) is 17.6. The fourth-order valence-electron chi connectivity index (χ4n) is 4.74. The van der Waals surface area contributed by atoms with E-state index in [1.54, 1.807) is 0 Å². The highest BCUT2D eigenvalue weighted by atomic mass is 16.5. The molecule has 5 heteroatoms. The Balaban J connectivity index is 1.41. The Labute approximate surface area is 172 Å². The number of aromatic nitrogens is 1. The number of nitrogens with zero attached hydrogens (tertiary/aromatic N) is 3. The van der Waals surface area contributed by atoms with E-state index in [2.05, 4.69) is 83.4 Å². The number of likely N-dealkylation sites (N-methyl/N-ethyl adjacent to an activating group) is 1. The largest absolute Gasteiger partial charge is 0.489 e. The Hall–Kier alpha value is -2.66. The van der Waals surface area contributed by atoms with Crippen LogP contribution in [0.1, 0.15) is 24.3 Å². The van der Waals surface area contributed by atoms with Crippen LogP contribution in [-0.2, 0) is 7.05 Å². The molecule has 5 rings (SSSR count). The normalized spacial score (nSPS) is 18.0. The second-order valence-electron chi connectivity index (χ2n) is 8.58.